The highest BCUT2D eigenvalue weighted by Gasteiger charge is 2.12. The molecule has 0 spiro atoms. The monoisotopic (exact) mass is 278 g/mol. The predicted octanol–water partition coefficient (Wildman–Crippen LogP) is 0.793. The summed E-state index contributed by atoms with van der Waals surface area (Å²) in [6.07, 6.45) is 4.65. The van der Waals surface area contributed by atoms with Crippen LogP contribution in [0.2, 0.25) is 0 Å². The number of carbonyl (C=O) groups is 1. The summed E-state index contributed by atoms with van der Waals surface area (Å²) in [6, 6.07) is 0. The first kappa shape index (κ1) is 13.3. The maximum Gasteiger partial charge on any atom is 0.255 e. The van der Waals surface area contributed by atoms with Crippen LogP contribution in [0, 0.1) is 0 Å². The van der Waals surface area contributed by atoms with Gasteiger partial charge in [-0.2, -0.15) is 0 Å². The highest BCUT2D eigenvalue weighted by Crippen LogP contribution is 2.11. The maximum atomic E-state index is 12.1. The van der Waals surface area contributed by atoms with Crippen LogP contribution in [0.25, 0.3) is 0 Å². The van der Waals surface area contributed by atoms with Gasteiger partial charge in [-0.1, -0.05) is 24.7 Å². The van der Waals surface area contributed by atoms with Crippen molar-refractivity contribution in [3.05, 3.63) is 28.8 Å². The van der Waals surface area contributed by atoms with E-state index in [0.717, 1.165) is 18.5 Å². The summed E-state index contributed by atoms with van der Waals surface area (Å²) in [5.74, 6) is -0.210. The van der Waals surface area contributed by atoms with Crippen molar-refractivity contribution in [1.29, 1.82) is 0 Å². The number of nitrogens with zero attached hydrogens (tertiary/aromatic N) is 4. The van der Waals surface area contributed by atoms with Gasteiger partial charge in [0.2, 0.25) is 5.13 Å². The largest absolute Gasteiger partial charge is 0.374 e. The highest BCUT2D eigenvalue weighted by atomic mass is 32.1. The van der Waals surface area contributed by atoms with Crippen LogP contribution in [-0.2, 0) is 13.0 Å². The fourth-order valence-corrected chi connectivity index (χ4v) is 2.12. The van der Waals surface area contributed by atoms with Crippen LogP contribution in [0.3, 0.4) is 0 Å². The Labute approximate surface area is 114 Å². The van der Waals surface area contributed by atoms with Gasteiger partial charge in [-0.15, -0.1) is 10.2 Å². The van der Waals surface area contributed by atoms with E-state index < -0.39 is 0 Å². The number of nitrogens with one attached hydrogen (secondary N) is 1. The molecule has 0 aliphatic carbocycles. The summed E-state index contributed by atoms with van der Waals surface area (Å²) in [7, 11) is 0. The number of anilines is 1. The molecule has 0 aliphatic rings. The van der Waals surface area contributed by atoms with E-state index in [1.165, 1.54) is 23.9 Å². The third kappa shape index (κ3) is 3.44. The molecule has 0 aliphatic heterocycles. The normalized spacial score (nSPS) is 10.4. The molecule has 0 fully saturated rings. The first-order valence-corrected chi connectivity index (χ1v) is 6.67. The Morgan fingerprint density at radius 1 is 1.47 bits per heavy atom. The molecule has 0 radical (unpaired) electrons. The first-order valence-electron chi connectivity index (χ1n) is 5.85. The van der Waals surface area contributed by atoms with E-state index in [4.69, 9.17) is 5.73 Å². The van der Waals surface area contributed by atoms with Crippen molar-refractivity contribution < 1.29 is 4.79 Å². The molecule has 0 unspecified atom stereocenters. The molecule has 3 N–H and O–H groups in total. The minimum Gasteiger partial charge on any atom is -0.374 e. The molecular weight excluding hydrogens is 264 g/mol. The molecule has 7 nitrogen and oxygen atoms in total. The second-order valence-electron chi connectivity index (χ2n) is 3.85. The molecule has 0 saturated carbocycles. The van der Waals surface area contributed by atoms with E-state index in [0.29, 0.717) is 22.2 Å². The predicted molar refractivity (Wildman–Crippen MR) is 71.5 cm³/mol. The van der Waals surface area contributed by atoms with Gasteiger partial charge in [-0.3, -0.25) is 4.79 Å². The van der Waals surface area contributed by atoms with Crippen LogP contribution in [0.5, 0.6) is 0 Å². The zero-order valence-electron chi connectivity index (χ0n) is 10.5. The summed E-state index contributed by atoms with van der Waals surface area (Å²) in [5, 5.41) is 11.3. The Morgan fingerprint density at radius 3 is 3.00 bits per heavy atom. The number of nitrogen functional groups attached to an aromatic ring is 1. The fraction of sp³-hybridized carbons (Fsp3) is 0.364. The number of amides is 1. The zero-order chi connectivity index (χ0) is 13.7. The van der Waals surface area contributed by atoms with E-state index in [-0.39, 0.29) is 5.91 Å². The molecule has 2 heterocycles. The van der Waals surface area contributed by atoms with Gasteiger partial charge in [0.1, 0.15) is 11.3 Å². The SMILES string of the molecule is CCCc1ncncc1C(=O)NCc1nnc(N)s1. The Kier molecular flexibility index (Phi) is 4.35. The molecule has 19 heavy (non-hydrogen) atoms. The van der Waals surface area contributed by atoms with E-state index in [2.05, 4.69) is 25.5 Å². The minimum absolute atomic E-state index is 0.210. The highest BCUT2D eigenvalue weighted by molar-refractivity contribution is 7.15. The Hall–Kier alpha value is -2.09. The maximum absolute atomic E-state index is 12.1. The van der Waals surface area contributed by atoms with Crippen LogP contribution in [0.1, 0.15) is 34.4 Å². The third-order valence-electron chi connectivity index (χ3n) is 2.41. The Balaban J connectivity index is 2.03. The summed E-state index contributed by atoms with van der Waals surface area (Å²) >= 11 is 1.25. The van der Waals surface area contributed by atoms with Gasteiger partial charge in [-0.05, 0) is 6.42 Å². The van der Waals surface area contributed by atoms with Crippen molar-refractivity contribution in [1.82, 2.24) is 25.5 Å². The van der Waals surface area contributed by atoms with Crippen LogP contribution in [0.4, 0.5) is 5.13 Å². The van der Waals surface area contributed by atoms with Crippen LogP contribution < -0.4 is 11.1 Å². The summed E-state index contributed by atoms with van der Waals surface area (Å²) in [6.45, 7) is 2.34. The molecule has 2 aromatic rings. The quantitative estimate of drug-likeness (QED) is 0.837. The topological polar surface area (TPSA) is 107 Å². The second-order valence-corrected chi connectivity index (χ2v) is 4.94. The number of hydrogen-bond donors (Lipinski definition) is 2. The lowest BCUT2D eigenvalue weighted by atomic mass is 10.1. The third-order valence-corrected chi connectivity index (χ3v) is 3.16. The molecule has 8 heteroatoms. The lowest BCUT2D eigenvalue weighted by molar-refractivity contribution is 0.0949. The Bertz CT molecular complexity index is 570. The average molecular weight is 278 g/mol. The first-order chi connectivity index (χ1) is 9.20. The lowest BCUT2D eigenvalue weighted by Gasteiger charge is -2.06. The van der Waals surface area contributed by atoms with Crippen molar-refractivity contribution in [3.8, 4) is 0 Å². The molecule has 0 saturated heterocycles. The molecule has 1 amide bonds. The molecule has 0 bridgehead atoms. The number of carbonyl (C=O) groups excluding carboxylic acids is 1. The van der Waals surface area contributed by atoms with Gasteiger partial charge in [-0.25, -0.2) is 9.97 Å². The molecule has 2 aromatic heterocycles. The van der Waals surface area contributed by atoms with Gasteiger partial charge in [0, 0.05) is 6.20 Å². The van der Waals surface area contributed by atoms with E-state index >= 15 is 0 Å². The van der Waals surface area contributed by atoms with Crippen LogP contribution in [0.15, 0.2) is 12.5 Å². The van der Waals surface area contributed by atoms with Crippen molar-refractivity contribution in [2.75, 3.05) is 5.73 Å². The van der Waals surface area contributed by atoms with Crippen molar-refractivity contribution >= 4 is 22.4 Å². The van der Waals surface area contributed by atoms with Crippen molar-refractivity contribution in [2.24, 2.45) is 0 Å². The molecular formula is C11H14N6OS. The smallest absolute Gasteiger partial charge is 0.255 e. The lowest BCUT2D eigenvalue weighted by Crippen LogP contribution is -2.24. The zero-order valence-corrected chi connectivity index (χ0v) is 11.3. The van der Waals surface area contributed by atoms with Gasteiger partial charge < -0.3 is 11.1 Å². The number of aryl methyl sites for hydroxylation is 1. The molecule has 100 valence electrons. The van der Waals surface area contributed by atoms with E-state index in [9.17, 15) is 4.79 Å². The van der Waals surface area contributed by atoms with E-state index in [1.807, 2.05) is 6.92 Å². The van der Waals surface area contributed by atoms with Gasteiger partial charge in [0.15, 0.2) is 0 Å². The minimum atomic E-state index is -0.210. The van der Waals surface area contributed by atoms with Crippen molar-refractivity contribution in [2.45, 2.75) is 26.3 Å². The van der Waals surface area contributed by atoms with Gasteiger partial charge >= 0.3 is 0 Å². The van der Waals surface area contributed by atoms with E-state index in [1.54, 1.807) is 0 Å². The standard InChI is InChI=1S/C11H14N6OS/c1-2-3-8-7(4-13-6-15-8)10(18)14-5-9-16-17-11(12)19-9/h4,6H,2-3,5H2,1H3,(H2,12,17)(H,14,18). The van der Waals surface area contributed by atoms with Gasteiger partial charge in [0.25, 0.3) is 5.91 Å². The van der Waals surface area contributed by atoms with Crippen molar-refractivity contribution in [3.63, 3.8) is 0 Å². The van der Waals surface area contributed by atoms with Crippen LogP contribution >= 0.6 is 11.3 Å². The molecule has 2 rings (SSSR count). The number of aromatic nitrogens is 4. The number of nitrogens with two attached hydrogens (primary N) is 1. The molecule has 0 atom stereocenters. The average Bonchev–Trinajstić information content (AvgIpc) is 2.83. The second kappa shape index (κ2) is 6.19. The number of rotatable bonds is 5. The van der Waals surface area contributed by atoms with Gasteiger partial charge in [0.05, 0.1) is 17.8 Å². The fourth-order valence-electron chi connectivity index (χ4n) is 1.57. The Morgan fingerprint density at radius 2 is 2.32 bits per heavy atom. The molecule has 0 aromatic carbocycles. The summed E-state index contributed by atoms with van der Waals surface area (Å²) in [4.78, 5) is 20.1. The summed E-state index contributed by atoms with van der Waals surface area (Å²) in [5.41, 5.74) is 6.73. The number of hydrogen-bond acceptors (Lipinski definition) is 7. The summed E-state index contributed by atoms with van der Waals surface area (Å²) < 4.78 is 0. The van der Waals surface area contributed by atoms with Crippen LogP contribution in [-0.4, -0.2) is 26.1 Å².